The van der Waals surface area contributed by atoms with Crippen molar-refractivity contribution in [2.75, 3.05) is 5.73 Å². The predicted octanol–water partition coefficient (Wildman–Crippen LogP) is 1.45. The second kappa shape index (κ2) is 2.80. The first-order chi connectivity index (χ1) is 8.27. The minimum absolute atomic E-state index is 0.0855. The zero-order chi connectivity index (χ0) is 11.5. The normalized spacial score (nSPS) is 19.1. The number of fused-ring (bicyclic) bond motifs is 3. The van der Waals surface area contributed by atoms with E-state index in [1.165, 1.54) is 0 Å². The van der Waals surface area contributed by atoms with E-state index in [0.717, 1.165) is 36.5 Å². The van der Waals surface area contributed by atoms with E-state index < -0.39 is 0 Å². The van der Waals surface area contributed by atoms with Crippen LogP contribution in [0, 0.1) is 0 Å². The largest absolute Gasteiger partial charge is 0.482 e. The molecule has 2 heterocycles. The molecule has 0 radical (unpaired) electrons. The fourth-order valence-electron chi connectivity index (χ4n) is 2.38. The molecule has 2 N–H and O–H groups in total. The van der Waals surface area contributed by atoms with E-state index in [4.69, 9.17) is 10.5 Å². The first-order valence-corrected chi connectivity index (χ1v) is 5.73. The molecule has 86 valence electrons. The van der Waals surface area contributed by atoms with Gasteiger partial charge in [-0.1, -0.05) is 6.07 Å². The lowest BCUT2D eigenvalue weighted by atomic mass is 10.1. The Morgan fingerprint density at radius 2 is 2.24 bits per heavy atom. The molecule has 1 aliphatic heterocycles. The molecule has 5 nitrogen and oxygen atoms in total. The van der Waals surface area contributed by atoms with Crippen LogP contribution in [-0.4, -0.2) is 20.4 Å². The summed E-state index contributed by atoms with van der Waals surface area (Å²) in [5, 5.41) is 8.15. The molecule has 1 spiro atoms. The zero-order valence-electron chi connectivity index (χ0n) is 9.26. The smallest absolute Gasteiger partial charge is 0.167 e. The highest BCUT2D eigenvalue weighted by Crippen LogP contribution is 2.48. The van der Waals surface area contributed by atoms with Gasteiger partial charge in [-0.25, -0.2) is 0 Å². The molecule has 4 rings (SSSR count). The molecule has 0 saturated heterocycles. The first-order valence-electron chi connectivity index (χ1n) is 5.73. The Kier molecular flexibility index (Phi) is 1.49. The van der Waals surface area contributed by atoms with Crippen LogP contribution >= 0.6 is 0 Å². The number of hydrogen-bond donors (Lipinski definition) is 1. The van der Waals surface area contributed by atoms with E-state index in [1.807, 2.05) is 18.2 Å². The molecule has 17 heavy (non-hydrogen) atoms. The van der Waals surface area contributed by atoms with Crippen molar-refractivity contribution in [1.82, 2.24) is 14.8 Å². The summed E-state index contributed by atoms with van der Waals surface area (Å²) in [4.78, 5) is 0. The van der Waals surface area contributed by atoms with Gasteiger partial charge in [0.1, 0.15) is 11.9 Å². The first kappa shape index (κ1) is 9.04. The lowest BCUT2D eigenvalue weighted by Crippen LogP contribution is -2.23. The number of nitrogens with zero attached hydrogens (tertiary/aromatic N) is 3. The summed E-state index contributed by atoms with van der Waals surface area (Å²) in [6.45, 7) is 0.809. The van der Waals surface area contributed by atoms with Crippen LogP contribution in [0.2, 0.25) is 0 Å². The van der Waals surface area contributed by atoms with Gasteiger partial charge in [0.25, 0.3) is 0 Å². The van der Waals surface area contributed by atoms with Gasteiger partial charge in [0.2, 0.25) is 0 Å². The van der Waals surface area contributed by atoms with Crippen molar-refractivity contribution in [3.05, 3.63) is 24.5 Å². The van der Waals surface area contributed by atoms with Gasteiger partial charge < -0.3 is 15.0 Å². The van der Waals surface area contributed by atoms with E-state index in [9.17, 15) is 0 Å². The third kappa shape index (κ3) is 1.19. The molecule has 1 aliphatic carbocycles. The number of benzene rings is 1. The quantitative estimate of drug-likeness (QED) is 0.693. The molecule has 1 aromatic carbocycles. The molecule has 0 atom stereocenters. The number of para-hydroxylation sites is 1. The highest BCUT2D eigenvalue weighted by molar-refractivity contribution is 5.74. The van der Waals surface area contributed by atoms with Crippen molar-refractivity contribution >= 4 is 5.69 Å². The van der Waals surface area contributed by atoms with E-state index in [2.05, 4.69) is 14.8 Å². The van der Waals surface area contributed by atoms with Gasteiger partial charge in [-0.2, -0.15) is 0 Å². The molecule has 5 heteroatoms. The second-order valence-electron chi connectivity index (χ2n) is 4.79. The summed E-state index contributed by atoms with van der Waals surface area (Å²) in [6.07, 6.45) is 3.90. The third-order valence-electron chi connectivity index (χ3n) is 3.49. The summed E-state index contributed by atoms with van der Waals surface area (Å²) in [6, 6.07) is 5.76. The number of ether oxygens (including phenoxy) is 1. The van der Waals surface area contributed by atoms with Crippen LogP contribution in [0.1, 0.15) is 12.8 Å². The second-order valence-corrected chi connectivity index (χ2v) is 4.79. The number of nitrogen functional groups attached to an aromatic ring is 1. The van der Waals surface area contributed by atoms with Crippen LogP contribution in [0.3, 0.4) is 0 Å². The average molecular weight is 228 g/mol. The minimum atomic E-state index is -0.0855. The van der Waals surface area contributed by atoms with Crippen molar-refractivity contribution < 1.29 is 4.74 Å². The maximum absolute atomic E-state index is 6.11. The SMILES string of the molecule is Nc1cccc2c1OC1(CC1)Cn1cnnc1-2. The van der Waals surface area contributed by atoms with E-state index >= 15 is 0 Å². The Morgan fingerprint density at radius 3 is 3.06 bits per heavy atom. The number of rotatable bonds is 0. The lowest BCUT2D eigenvalue weighted by Gasteiger charge is -2.17. The monoisotopic (exact) mass is 228 g/mol. The summed E-state index contributed by atoms with van der Waals surface area (Å²) in [5.74, 6) is 1.60. The van der Waals surface area contributed by atoms with Gasteiger partial charge in [-0.15, -0.1) is 10.2 Å². The maximum atomic E-state index is 6.11. The van der Waals surface area contributed by atoms with E-state index in [-0.39, 0.29) is 5.60 Å². The fraction of sp³-hybridized carbons (Fsp3) is 0.333. The standard InChI is InChI=1S/C12H12N4O/c13-9-3-1-2-8-10(9)17-12(4-5-12)6-16-7-14-15-11(8)16/h1-3,7H,4-6,13H2. The van der Waals surface area contributed by atoms with Crippen molar-refractivity contribution in [3.63, 3.8) is 0 Å². The van der Waals surface area contributed by atoms with Gasteiger partial charge >= 0.3 is 0 Å². The molecule has 2 aliphatic rings. The van der Waals surface area contributed by atoms with Crippen molar-refractivity contribution in [3.8, 4) is 17.1 Å². The van der Waals surface area contributed by atoms with Gasteiger partial charge in [0, 0.05) is 0 Å². The molecule has 1 saturated carbocycles. The Balaban J connectivity index is 2.01. The van der Waals surface area contributed by atoms with E-state index in [0.29, 0.717) is 5.69 Å². The molecule has 2 aromatic rings. The summed E-state index contributed by atoms with van der Waals surface area (Å²) in [5.41, 5.74) is 7.53. The average Bonchev–Trinajstić information content (AvgIpc) is 2.95. The Bertz CT molecular complexity index is 600. The molecular formula is C12H12N4O. The van der Waals surface area contributed by atoms with Gasteiger partial charge in [-0.05, 0) is 25.0 Å². The van der Waals surface area contributed by atoms with Crippen LogP contribution in [-0.2, 0) is 6.54 Å². The Morgan fingerprint density at radius 1 is 1.35 bits per heavy atom. The molecular weight excluding hydrogens is 216 g/mol. The van der Waals surface area contributed by atoms with Gasteiger partial charge in [0.05, 0.1) is 17.8 Å². The molecule has 0 amide bonds. The van der Waals surface area contributed by atoms with Crippen LogP contribution in [0.15, 0.2) is 24.5 Å². The van der Waals surface area contributed by atoms with Crippen molar-refractivity contribution in [1.29, 1.82) is 0 Å². The van der Waals surface area contributed by atoms with Gasteiger partial charge in [-0.3, -0.25) is 0 Å². The highest BCUT2D eigenvalue weighted by atomic mass is 16.5. The maximum Gasteiger partial charge on any atom is 0.167 e. The minimum Gasteiger partial charge on any atom is -0.482 e. The molecule has 0 unspecified atom stereocenters. The van der Waals surface area contributed by atoms with Crippen LogP contribution < -0.4 is 10.5 Å². The van der Waals surface area contributed by atoms with E-state index in [1.54, 1.807) is 6.33 Å². The third-order valence-corrected chi connectivity index (χ3v) is 3.49. The fourth-order valence-corrected chi connectivity index (χ4v) is 2.38. The summed E-state index contributed by atoms with van der Waals surface area (Å²) < 4.78 is 8.17. The predicted molar refractivity (Wildman–Crippen MR) is 62.5 cm³/mol. The van der Waals surface area contributed by atoms with Crippen molar-refractivity contribution in [2.24, 2.45) is 0 Å². The van der Waals surface area contributed by atoms with Gasteiger partial charge in [0.15, 0.2) is 11.6 Å². The van der Waals surface area contributed by atoms with Crippen molar-refractivity contribution in [2.45, 2.75) is 25.0 Å². The number of hydrogen-bond acceptors (Lipinski definition) is 4. The number of aromatic nitrogens is 3. The van der Waals surface area contributed by atoms with Crippen LogP contribution in [0.25, 0.3) is 11.4 Å². The Labute approximate surface area is 98.2 Å². The Hall–Kier alpha value is -2.04. The zero-order valence-corrected chi connectivity index (χ0v) is 9.26. The summed E-state index contributed by atoms with van der Waals surface area (Å²) >= 11 is 0. The number of nitrogens with two attached hydrogens (primary N) is 1. The highest BCUT2D eigenvalue weighted by Gasteiger charge is 2.48. The molecule has 1 fully saturated rings. The topological polar surface area (TPSA) is 66.0 Å². The number of anilines is 1. The molecule has 0 bridgehead atoms. The summed E-state index contributed by atoms with van der Waals surface area (Å²) in [7, 11) is 0. The lowest BCUT2D eigenvalue weighted by molar-refractivity contribution is 0.164. The molecule has 1 aromatic heterocycles. The van der Waals surface area contributed by atoms with Crippen LogP contribution in [0.5, 0.6) is 5.75 Å². The van der Waals surface area contributed by atoms with Crippen LogP contribution in [0.4, 0.5) is 5.69 Å².